The predicted molar refractivity (Wildman–Crippen MR) is 85.3 cm³/mol. The fraction of sp³-hybridized carbons (Fsp3) is 0.471. The van der Waals surface area contributed by atoms with Crippen LogP contribution >= 0.6 is 0 Å². The monoisotopic (exact) mass is 287 g/mol. The molecule has 0 fully saturated rings. The molecule has 0 bridgehead atoms. The van der Waals surface area contributed by atoms with Gasteiger partial charge in [0.2, 0.25) is 0 Å². The van der Waals surface area contributed by atoms with Gasteiger partial charge in [0.1, 0.15) is 0 Å². The second kappa shape index (κ2) is 6.41. The van der Waals surface area contributed by atoms with E-state index in [1.54, 1.807) is 0 Å². The van der Waals surface area contributed by atoms with Crippen molar-refractivity contribution in [2.45, 2.75) is 38.6 Å². The maximum Gasteiger partial charge on any atom is 0.0635 e. The zero-order valence-electron chi connectivity index (χ0n) is 13.1. The third-order valence-corrected chi connectivity index (χ3v) is 4.04. The van der Waals surface area contributed by atoms with E-state index in [2.05, 4.69) is 38.0 Å². The molecule has 0 radical (unpaired) electrons. The number of hydrogen-bond acceptors (Lipinski definition) is 3. The summed E-state index contributed by atoms with van der Waals surface area (Å²) in [6.45, 7) is 6.65. The van der Waals surface area contributed by atoms with Gasteiger partial charge < -0.3 is 10.8 Å². The Morgan fingerprint density at radius 3 is 2.62 bits per heavy atom. The molecule has 1 heterocycles. The molecule has 3 N–H and O–H groups in total. The van der Waals surface area contributed by atoms with E-state index in [-0.39, 0.29) is 6.61 Å². The van der Waals surface area contributed by atoms with Gasteiger partial charge in [0.15, 0.2) is 0 Å². The highest BCUT2D eigenvalue weighted by Crippen LogP contribution is 2.28. The van der Waals surface area contributed by atoms with Crippen LogP contribution in [0.15, 0.2) is 36.5 Å². The minimum Gasteiger partial charge on any atom is -0.395 e. The Morgan fingerprint density at radius 2 is 2.10 bits per heavy atom. The van der Waals surface area contributed by atoms with Crippen molar-refractivity contribution in [3.63, 3.8) is 0 Å². The minimum absolute atomic E-state index is 0.0154. The molecular weight excluding hydrogens is 262 g/mol. The van der Waals surface area contributed by atoms with Gasteiger partial charge in [0.25, 0.3) is 0 Å². The number of aliphatic hydroxyl groups is 1. The van der Waals surface area contributed by atoms with Gasteiger partial charge in [-0.05, 0) is 32.4 Å². The molecule has 0 aliphatic rings. The Labute approximate surface area is 126 Å². The van der Waals surface area contributed by atoms with Crippen LogP contribution in [0.5, 0.6) is 0 Å². The quantitative estimate of drug-likeness (QED) is 0.856. The van der Waals surface area contributed by atoms with Crippen molar-refractivity contribution >= 4 is 0 Å². The second-order valence-electron chi connectivity index (χ2n) is 6.07. The van der Waals surface area contributed by atoms with Gasteiger partial charge in [0.05, 0.1) is 12.3 Å². The first-order valence-electron chi connectivity index (χ1n) is 7.43. The third-order valence-electron chi connectivity index (χ3n) is 4.04. The molecule has 0 amide bonds. The van der Waals surface area contributed by atoms with Gasteiger partial charge in [-0.2, -0.15) is 5.10 Å². The van der Waals surface area contributed by atoms with E-state index in [0.29, 0.717) is 19.0 Å². The van der Waals surface area contributed by atoms with Crippen molar-refractivity contribution in [3.05, 3.63) is 53.3 Å². The number of aliphatic hydroxyl groups excluding tert-OH is 1. The Balaban J connectivity index is 2.33. The molecule has 0 saturated heterocycles. The predicted octanol–water partition coefficient (Wildman–Crippen LogP) is 2.20. The molecule has 1 aromatic carbocycles. The largest absolute Gasteiger partial charge is 0.395 e. The Hall–Kier alpha value is -1.65. The molecule has 1 unspecified atom stereocenters. The van der Waals surface area contributed by atoms with Crippen LogP contribution in [0.2, 0.25) is 0 Å². The number of hydrogen-bond donors (Lipinski definition) is 2. The van der Waals surface area contributed by atoms with E-state index < -0.39 is 5.41 Å². The highest BCUT2D eigenvalue weighted by atomic mass is 16.3. The fourth-order valence-electron chi connectivity index (χ4n) is 2.58. The Morgan fingerprint density at radius 1 is 1.33 bits per heavy atom. The van der Waals surface area contributed by atoms with Crippen molar-refractivity contribution in [1.82, 2.24) is 9.78 Å². The number of rotatable bonds is 6. The second-order valence-corrected chi connectivity index (χ2v) is 6.07. The first-order chi connectivity index (χ1) is 10.0. The van der Waals surface area contributed by atoms with E-state index >= 15 is 0 Å². The van der Waals surface area contributed by atoms with Gasteiger partial charge in [-0.3, -0.25) is 4.68 Å². The molecule has 1 aromatic heterocycles. The smallest absolute Gasteiger partial charge is 0.0635 e. The summed E-state index contributed by atoms with van der Waals surface area (Å²) in [4.78, 5) is 0. The zero-order chi connectivity index (χ0) is 15.5. The van der Waals surface area contributed by atoms with Crippen LogP contribution in [0.3, 0.4) is 0 Å². The summed E-state index contributed by atoms with van der Waals surface area (Å²) in [5.74, 6) is 0. The molecule has 114 valence electrons. The summed E-state index contributed by atoms with van der Waals surface area (Å²) >= 11 is 0. The van der Waals surface area contributed by atoms with E-state index in [1.807, 2.05) is 29.1 Å². The zero-order valence-corrected chi connectivity index (χ0v) is 13.1. The maximum atomic E-state index is 9.98. The van der Waals surface area contributed by atoms with Gasteiger partial charge >= 0.3 is 0 Å². The summed E-state index contributed by atoms with van der Waals surface area (Å²) in [7, 11) is 0. The summed E-state index contributed by atoms with van der Waals surface area (Å²) < 4.78 is 1.93. The number of aryl methyl sites for hydroxylation is 1. The molecule has 0 aliphatic heterocycles. The van der Waals surface area contributed by atoms with Crippen LogP contribution < -0.4 is 5.73 Å². The van der Waals surface area contributed by atoms with Gasteiger partial charge in [-0.15, -0.1) is 0 Å². The lowest BCUT2D eigenvalue weighted by Crippen LogP contribution is -2.41. The van der Waals surface area contributed by atoms with E-state index in [1.165, 1.54) is 5.56 Å². The van der Waals surface area contributed by atoms with Crippen molar-refractivity contribution < 1.29 is 5.11 Å². The average molecular weight is 287 g/mol. The van der Waals surface area contributed by atoms with Crippen LogP contribution in [-0.2, 0) is 11.8 Å². The van der Waals surface area contributed by atoms with E-state index in [0.717, 1.165) is 11.3 Å². The van der Waals surface area contributed by atoms with Crippen molar-refractivity contribution in [2.24, 2.45) is 5.73 Å². The first kappa shape index (κ1) is 15.7. The van der Waals surface area contributed by atoms with Crippen LogP contribution in [0, 0.1) is 6.92 Å². The summed E-state index contributed by atoms with van der Waals surface area (Å²) in [6, 6.07) is 10.5. The van der Waals surface area contributed by atoms with Gasteiger partial charge in [-0.25, -0.2) is 0 Å². The molecule has 21 heavy (non-hydrogen) atoms. The standard InChI is InChI=1S/C17H25N3O/c1-13(2)20-8-7-16(19-20)10-17(11-18,12-21)15-6-4-5-14(3)9-15/h4-9,13,21H,10-12,18H2,1-3H3. The topological polar surface area (TPSA) is 64.1 Å². The molecule has 4 nitrogen and oxygen atoms in total. The van der Waals surface area contributed by atoms with Gasteiger partial charge in [-0.1, -0.05) is 29.8 Å². The lowest BCUT2D eigenvalue weighted by Gasteiger charge is -2.30. The average Bonchev–Trinajstić information content (AvgIpc) is 2.93. The van der Waals surface area contributed by atoms with Crippen LogP contribution in [0.1, 0.15) is 36.7 Å². The SMILES string of the molecule is Cc1cccc(C(CN)(CO)Cc2ccn(C(C)C)n2)c1. The fourth-order valence-corrected chi connectivity index (χ4v) is 2.58. The minimum atomic E-state index is -0.470. The maximum absolute atomic E-state index is 9.98. The first-order valence-corrected chi connectivity index (χ1v) is 7.43. The lowest BCUT2D eigenvalue weighted by atomic mass is 9.77. The van der Waals surface area contributed by atoms with Crippen LogP contribution in [0.4, 0.5) is 0 Å². The Kier molecular flexibility index (Phi) is 4.80. The Bertz CT molecular complexity index is 585. The summed E-state index contributed by atoms with van der Waals surface area (Å²) in [5, 5.41) is 14.6. The molecule has 1 atom stereocenters. The van der Waals surface area contributed by atoms with Crippen molar-refractivity contribution in [1.29, 1.82) is 0 Å². The molecule has 0 saturated carbocycles. The molecule has 2 rings (SSSR count). The highest BCUT2D eigenvalue weighted by molar-refractivity contribution is 5.32. The normalized spacial score (nSPS) is 14.4. The molecule has 2 aromatic rings. The van der Waals surface area contributed by atoms with E-state index in [4.69, 9.17) is 5.73 Å². The molecule has 0 spiro atoms. The number of aromatic nitrogens is 2. The van der Waals surface area contributed by atoms with Crippen LogP contribution in [0.25, 0.3) is 0 Å². The van der Waals surface area contributed by atoms with Crippen molar-refractivity contribution in [2.75, 3.05) is 13.2 Å². The van der Waals surface area contributed by atoms with Crippen molar-refractivity contribution in [3.8, 4) is 0 Å². The summed E-state index contributed by atoms with van der Waals surface area (Å²) in [5.41, 5.74) is 8.76. The van der Waals surface area contributed by atoms with Crippen LogP contribution in [-0.4, -0.2) is 28.0 Å². The van der Waals surface area contributed by atoms with Gasteiger partial charge in [0, 0.05) is 30.6 Å². The number of benzene rings is 1. The number of nitrogens with zero attached hydrogens (tertiary/aromatic N) is 2. The molecule has 0 aliphatic carbocycles. The number of nitrogens with two attached hydrogens (primary N) is 1. The highest BCUT2D eigenvalue weighted by Gasteiger charge is 2.31. The third kappa shape index (κ3) is 3.34. The molecular formula is C17H25N3O. The van der Waals surface area contributed by atoms with E-state index in [9.17, 15) is 5.11 Å². The molecule has 4 heteroatoms. The lowest BCUT2D eigenvalue weighted by molar-refractivity contribution is 0.195. The summed E-state index contributed by atoms with van der Waals surface area (Å²) in [6.07, 6.45) is 2.62.